The van der Waals surface area contributed by atoms with Crippen molar-refractivity contribution in [2.75, 3.05) is 11.5 Å². The number of rotatable bonds is 5. The van der Waals surface area contributed by atoms with Crippen LogP contribution in [0.4, 0.5) is 23.1 Å². The van der Waals surface area contributed by atoms with Gasteiger partial charge in [-0.1, -0.05) is 59.9 Å². The number of carboxylic acids is 1. The molecule has 1 fully saturated rings. The minimum absolute atomic E-state index is 0.000624. The van der Waals surface area contributed by atoms with Gasteiger partial charge in [-0.25, -0.2) is 19.5 Å². The Bertz CT molecular complexity index is 1210. The van der Waals surface area contributed by atoms with Crippen molar-refractivity contribution in [1.29, 1.82) is 0 Å². The van der Waals surface area contributed by atoms with Gasteiger partial charge in [-0.05, 0) is 35.1 Å². The van der Waals surface area contributed by atoms with Crippen LogP contribution in [-0.4, -0.2) is 34.8 Å². The van der Waals surface area contributed by atoms with Crippen molar-refractivity contribution in [3.8, 4) is 11.1 Å². The summed E-state index contributed by atoms with van der Waals surface area (Å²) in [6.45, 7) is -0.000624. The van der Waals surface area contributed by atoms with E-state index < -0.39 is 28.8 Å². The first kappa shape index (κ1) is 21.4. The maximum absolute atomic E-state index is 13.3. The molecule has 0 spiro atoms. The lowest BCUT2D eigenvalue weighted by Gasteiger charge is -2.21. The van der Waals surface area contributed by atoms with Crippen molar-refractivity contribution in [3.63, 3.8) is 0 Å². The fourth-order valence-electron chi connectivity index (χ4n) is 4.13. The molecular formula is C23H17F3N2O4S. The monoisotopic (exact) mass is 474 g/mol. The normalized spacial score (nSPS) is 15.1. The molecule has 1 aromatic heterocycles. The molecule has 33 heavy (non-hydrogen) atoms. The summed E-state index contributed by atoms with van der Waals surface area (Å²) >= 11 is 0.329. The van der Waals surface area contributed by atoms with Gasteiger partial charge in [-0.2, -0.15) is 13.2 Å². The standard InChI is InChI=1S/C23H17F3N2O4S/c24-23(25,26)19-18(20(29)30)33-21(27-19)28(12-9-10-12)22(31)32-11-17-15-7-3-1-5-13(15)14-6-2-4-8-16(14)17/h1-8,12,17H,9-11H2,(H,29,30). The number of carbonyl (C=O) groups is 2. The number of carbonyl (C=O) groups excluding carboxylic acids is 1. The van der Waals surface area contributed by atoms with E-state index in [0.29, 0.717) is 24.2 Å². The zero-order chi connectivity index (χ0) is 23.3. The summed E-state index contributed by atoms with van der Waals surface area (Å²) in [5, 5.41) is 8.87. The third-order valence-corrected chi connectivity index (χ3v) is 6.77. The second-order valence-electron chi connectivity index (χ2n) is 7.88. The molecule has 1 amide bonds. The fourth-order valence-corrected chi connectivity index (χ4v) is 5.12. The molecule has 0 aliphatic heterocycles. The van der Waals surface area contributed by atoms with Crippen molar-refractivity contribution in [2.24, 2.45) is 0 Å². The van der Waals surface area contributed by atoms with Crippen molar-refractivity contribution < 1.29 is 32.6 Å². The summed E-state index contributed by atoms with van der Waals surface area (Å²) in [5.41, 5.74) is 2.60. The average Bonchev–Trinajstić information content (AvgIpc) is 3.40. The largest absolute Gasteiger partial charge is 0.477 e. The molecule has 10 heteroatoms. The molecule has 2 aliphatic carbocycles. The fraction of sp³-hybridized carbons (Fsp3) is 0.261. The summed E-state index contributed by atoms with van der Waals surface area (Å²) in [5.74, 6) is -1.95. The number of aromatic nitrogens is 1. The van der Waals surface area contributed by atoms with Crippen LogP contribution in [0.1, 0.15) is 45.3 Å². The van der Waals surface area contributed by atoms with Crippen LogP contribution < -0.4 is 4.90 Å². The highest BCUT2D eigenvalue weighted by atomic mass is 32.1. The van der Waals surface area contributed by atoms with Crippen LogP contribution in [0.3, 0.4) is 0 Å². The Balaban J connectivity index is 1.41. The Morgan fingerprint density at radius 3 is 2.12 bits per heavy atom. The second kappa shape index (κ2) is 7.87. The van der Waals surface area contributed by atoms with Gasteiger partial charge >= 0.3 is 18.2 Å². The van der Waals surface area contributed by atoms with Gasteiger partial charge in [0.1, 0.15) is 11.5 Å². The maximum Gasteiger partial charge on any atom is 0.435 e. The molecule has 1 saturated carbocycles. The molecule has 3 aromatic rings. The van der Waals surface area contributed by atoms with Gasteiger partial charge in [0, 0.05) is 12.0 Å². The maximum atomic E-state index is 13.3. The molecule has 6 nitrogen and oxygen atoms in total. The molecule has 2 aromatic carbocycles. The van der Waals surface area contributed by atoms with E-state index in [4.69, 9.17) is 4.74 Å². The number of amides is 1. The Hall–Kier alpha value is -3.40. The number of alkyl halides is 3. The van der Waals surface area contributed by atoms with Gasteiger partial charge in [0.05, 0.1) is 0 Å². The van der Waals surface area contributed by atoms with E-state index in [-0.39, 0.29) is 23.7 Å². The van der Waals surface area contributed by atoms with E-state index in [0.717, 1.165) is 27.2 Å². The summed E-state index contributed by atoms with van der Waals surface area (Å²) in [4.78, 5) is 27.9. The molecule has 0 bridgehead atoms. The third kappa shape index (κ3) is 3.84. The van der Waals surface area contributed by atoms with Crippen molar-refractivity contribution in [1.82, 2.24) is 4.98 Å². The van der Waals surface area contributed by atoms with Crippen molar-refractivity contribution >= 4 is 28.5 Å². The van der Waals surface area contributed by atoms with Crippen molar-refractivity contribution in [3.05, 3.63) is 70.2 Å². The summed E-state index contributed by atoms with van der Waals surface area (Å²) in [6.07, 6.45) is -4.63. The van der Waals surface area contributed by atoms with Crippen molar-refractivity contribution in [2.45, 2.75) is 31.0 Å². The molecule has 170 valence electrons. The number of hydrogen-bond donors (Lipinski definition) is 1. The minimum Gasteiger partial charge on any atom is -0.477 e. The SMILES string of the molecule is O=C(O)c1sc(N(C(=O)OCC2c3ccccc3-c3ccccc32)C2CC2)nc1C(F)(F)F. The molecule has 0 saturated heterocycles. The smallest absolute Gasteiger partial charge is 0.435 e. The van der Waals surface area contributed by atoms with E-state index >= 15 is 0 Å². The van der Waals surface area contributed by atoms with E-state index in [1.54, 1.807) is 0 Å². The van der Waals surface area contributed by atoms with Crippen LogP contribution in [0, 0.1) is 0 Å². The van der Waals surface area contributed by atoms with Crippen LogP contribution in [-0.2, 0) is 10.9 Å². The van der Waals surface area contributed by atoms with Crippen LogP contribution in [0.2, 0.25) is 0 Å². The predicted octanol–water partition coefficient (Wildman–Crippen LogP) is 5.78. The topological polar surface area (TPSA) is 79.7 Å². The number of halogens is 3. The Labute approximate surface area is 190 Å². The molecule has 0 radical (unpaired) electrons. The van der Waals surface area contributed by atoms with Crippen LogP contribution in [0.5, 0.6) is 0 Å². The minimum atomic E-state index is -4.95. The first-order chi connectivity index (χ1) is 15.8. The third-order valence-electron chi connectivity index (χ3n) is 5.73. The first-order valence-electron chi connectivity index (χ1n) is 10.2. The predicted molar refractivity (Wildman–Crippen MR) is 115 cm³/mol. The summed E-state index contributed by atoms with van der Waals surface area (Å²) in [6, 6.07) is 15.2. The van der Waals surface area contributed by atoms with E-state index in [2.05, 4.69) is 4.98 Å². The highest BCUT2D eigenvalue weighted by Gasteiger charge is 2.44. The molecule has 0 atom stereocenters. The lowest BCUT2D eigenvalue weighted by Crippen LogP contribution is -2.34. The number of fused-ring (bicyclic) bond motifs is 3. The Morgan fingerprint density at radius 1 is 1.06 bits per heavy atom. The van der Waals surface area contributed by atoms with Crippen LogP contribution in [0.25, 0.3) is 11.1 Å². The molecule has 2 aliphatic rings. The summed E-state index contributed by atoms with van der Waals surface area (Å²) in [7, 11) is 0. The van der Waals surface area contributed by atoms with Gasteiger partial charge in [0.25, 0.3) is 0 Å². The molecule has 5 rings (SSSR count). The number of aromatic carboxylic acids is 1. The van der Waals surface area contributed by atoms with Crippen LogP contribution >= 0.6 is 11.3 Å². The second-order valence-corrected chi connectivity index (χ2v) is 8.86. The zero-order valence-electron chi connectivity index (χ0n) is 17.0. The number of ether oxygens (including phenoxy) is 1. The van der Waals surface area contributed by atoms with Gasteiger partial charge in [-0.15, -0.1) is 0 Å². The van der Waals surface area contributed by atoms with E-state index in [9.17, 15) is 27.9 Å². The van der Waals surface area contributed by atoms with Gasteiger partial charge in [0.2, 0.25) is 0 Å². The number of hydrogen-bond acceptors (Lipinski definition) is 5. The highest BCUT2D eigenvalue weighted by molar-refractivity contribution is 7.17. The quantitative estimate of drug-likeness (QED) is 0.507. The average molecular weight is 474 g/mol. The molecule has 1 N–H and O–H groups in total. The Morgan fingerprint density at radius 2 is 1.64 bits per heavy atom. The lowest BCUT2D eigenvalue weighted by molar-refractivity contribution is -0.141. The molecule has 1 heterocycles. The van der Waals surface area contributed by atoms with Gasteiger partial charge in [-0.3, -0.25) is 0 Å². The van der Waals surface area contributed by atoms with Crippen LogP contribution in [0.15, 0.2) is 48.5 Å². The van der Waals surface area contributed by atoms with E-state index in [1.165, 1.54) is 0 Å². The van der Waals surface area contributed by atoms with Gasteiger partial charge < -0.3 is 9.84 Å². The number of carboxylic acid groups (broad SMARTS) is 1. The highest BCUT2D eigenvalue weighted by Crippen LogP contribution is 2.45. The molecular weight excluding hydrogens is 457 g/mol. The van der Waals surface area contributed by atoms with Gasteiger partial charge in [0.15, 0.2) is 10.8 Å². The number of nitrogens with zero attached hydrogens (tertiary/aromatic N) is 2. The first-order valence-corrected chi connectivity index (χ1v) is 11.0. The zero-order valence-corrected chi connectivity index (χ0v) is 17.8. The van der Waals surface area contributed by atoms with E-state index in [1.807, 2.05) is 48.5 Å². The lowest BCUT2D eigenvalue weighted by atomic mass is 9.98. The summed E-state index contributed by atoms with van der Waals surface area (Å²) < 4.78 is 45.4. The number of thiazole rings is 1. The number of anilines is 1. The number of benzene rings is 2. The molecule has 0 unspecified atom stereocenters. The Kier molecular flexibility index (Phi) is 5.12.